The van der Waals surface area contributed by atoms with Gasteiger partial charge in [-0.05, 0) is 42.4 Å². The van der Waals surface area contributed by atoms with E-state index in [1.54, 1.807) is 0 Å². The summed E-state index contributed by atoms with van der Waals surface area (Å²) in [5.41, 5.74) is 0.838. The monoisotopic (exact) mass is 257 g/mol. The quantitative estimate of drug-likeness (QED) is 0.765. The number of rotatable bonds is 6. The van der Waals surface area contributed by atoms with Crippen LogP contribution in [0.3, 0.4) is 0 Å². The van der Waals surface area contributed by atoms with Crippen LogP contribution < -0.4 is 5.32 Å². The molecule has 1 aromatic carbocycles. The average Bonchev–Trinajstić information content (AvgIpc) is 3.06. The molecule has 0 amide bonds. The zero-order valence-corrected chi connectivity index (χ0v) is 10.5. The van der Waals surface area contributed by atoms with Gasteiger partial charge in [-0.3, -0.25) is 0 Å². The molecule has 0 radical (unpaired) electrons. The maximum Gasteiger partial charge on any atom is 0.194 e. The Morgan fingerprint density at radius 2 is 1.78 bits per heavy atom. The standard InChI is InChI=1S/C14H18F3N/c1-2-3-14(4-5-14)9-18-8-10-6-11(15)13(17)12(16)7-10/h6-7,18H,2-5,8-9H2,1H3. The molecule has 1 N–H and O–H groups in total. The van der Waals surface area contributed by atoms with Crippen molar-refractivity contribution in [3.63, 3.8) is 0 Å². The number of benzene rings is 1. The summed E-state index contributed by atoms with van der Waals surface area (Å²) in [6, 6.07) is 2.09. The van der Waals surface area contributed by atoms with Gasteiger partial charge in [-0.25, -0.2) is 13.2 Å². The second-order valence-electron chi connectivity index (χ2n) is 5.23. The van der Waals surface area contributed by atoms with E-state index < -0.39 is 17.5 Å². The Hall–Kier alpha value is -1.03. The summed E-state index contributed by atoms with van der Waals surface area (Å²) in [5.74, 6) is -3.65. The molecule has 1 saturated carbocycles. The van der Waals surface area contributed by atoms with Crippen molar-refractivity contribution < 1.29 is 13.2 Å². The molecule has 0 unspecified atom stereocenters. The van der Waals surface area contributed by atoms with E-state index in [1.807, 2.05) is 0 Å². The van der Waals surface area contributed by atoms with E-state index in [0.29, 0.717) is 17.5 Å². The van der Waals surface area contributed by atoms with E-state index in [9.17, 15) is 13.2 Å². The fourth-order valence-electron chi connectivity index (χ4n) is 2.40. The van der Waals surface area contributed by atoms with Crippen LogP contribution in [0.1, 0.15) is 38.2 Å². The maximum absolute atomic E-state index is 13.0. The van der Waals surface area contributed by atoms with Gasteiger partial charge in [-0.2, -0.15) is 0 Å². The van der Waals surface area contributed by atoms with Gasteiger partial charge in [0.05, 0.1) is 0 Å². The Morgan fingerprint density at radius 3 is 2.28 bits per heavy atom. The minimum absolute atomic E-state index is 0.375. The molecule has 0 aromatic heterocycles. The van der Waals surface area contributed by atoms with Crippen LogP contribution in [-0.2, 0) is 6.54 Å². The van der Waals surface area contributed by atoms with Crippen molar-refractivity contribution in [2.45, 2.75) is 39.2 Å². The molecule has 0 aliphatic heterocycles. The topological polar surface area (TPSA) is 12.0 Å². The molecule has 0 atom stereocenters. The normalized spacial score (nSPS) is 16.9. The lowest BCUT2D eigenvalue weighted by Gasteiger charge is -2.15. The van der Waals surface area contributed by atoms with E-state index in [2.05, 4.69) is 12.2 Å². The molecule has 1 aliphatic rings. The van der Waals surface area contributed by atoms with Gasteiger partial charge in [0.2, 0.25) is 0 Å². The number of nitrogens with one attached hydrogen (secondary N) is 1. The molecule has 1 fully saturated rings. The average molecular weight is 257 g/mol. The lowest BCUT2D eigenvalue weighted by molar-refractivity contribution is 0.417. The largest absolute Gasteiger partial charge is 0.312 e. The van der Waals surface area contributed by atoms with Gasteiger partial charge in [0.25, 0.3) is 0 Å². The number of hydrogen-bond acceptors (Lipinski definition) is 1. The summed E-state index contributed by atoms with van der Waals surface area (Å²) in [6.07, 6.45) is 4.79. The molecule has 18 heavy (non-hydrogen) atoms. The number of hydrogen-bond donors (Lipinski definition) is 1. The molecule has 1 aliphatic carbocycles. The van der Waals surface area contributed by atoms with Gasteiger partial charge in [0.1, 0.15) is 0 Å². The van der Waals surface area contributed by atoms with E-state index in [0.717, 1.165) is 25.1 Å². The van der Waals surface area contributed by atoms with Crippen molar-refractivity contribution in [2.24, 2.45) is 5.41 Å². The predicted octanol–water partition coefficient (Wildman–Crippen LogP) is 3.77. The van der Waals surface area contributed by atoms with Crippen molar-refractivity contribution in [2.75, 3.05) is 6.54 Å². The van der Waals surface area contributed by atoms with E-state index in [1.165, 1.54) is 19.3 Å². The molecule has 100 valence electrons. The van der Waals surface area contributed by atoms with Crippen LogP contribution in [0.25, 0.3) is 0 Å². The first kappa shape index (κ1) is 13.4. The minimum atomic E-state index is -1.40. The Bertz CT molecular complexity index is 404. The van der Waals surface area contributed by atoms with Gasteiger partial charge in [-0.15, -0.1) is 0 Å². The molecule has 0 spiro atoms. The van der Waals surface area contributed by atoms with E-state index in [-0.39, 0.29) is 0 Å². The molecule has 2 rings (SSSR count). The molecule has 0 heterocycles. The molecule has 0 saturated heterocycles. The van der Waals surface area contributed by atoms with Crippen molar-refractivity contribution >= 4 is 0 Å². The van der Waals surface area contributed by atoms with Crippen LogP contribution in [0, 0.1) is 22.9 Å². The maximum atomic E-state index is 13.0. The molecule has 1 nitrogen and oxygen atoms in total. The van der Waals surface area contributed by atoms with E-state index in [4.69, 9.17) is 0 Å². The zero-order chi connectivity index (χ0) is 13.2. The predicted molar refractivity (Wildman–Crippen MR) is 64.6 cm³/mol. The SMILES string of the molecule is CCCC1(CNCc2cc(F)c(F)c(F)c2)CC1. The summed E-state index contributed by atoms with van der Waals surface area (Å²) >= 11 is 0. The van der Waals surface area contributed by atoms with Crippen molar-refractivity contribution in [3.05, 3.63) is 35.1 Å². The van der Waals surface area contributed by atoms with Crippen LogP contribution in [0.15, 0.2) is 12.1 Å². The van der Waals surface area contributed by atoms with Crippen molar-refractivity contribution in [1.82, 2.24) is 5.32 Å². The summed E-state index contributed by atoms with van der Waals surface area (Å²) in [5, 5.41) is 3.21. The van der Waals surface area contributed by atoms with Crippen LogP contribution in [0.5, 0.6) is 0 Å². The highest BCUT2D eigenvalue weighted by Crippen LogP contribution is 2.48. The summed E-state index contributed by atoms with van der Waals surface area (Å²) in [7, 11) is 0. The zero-order valence-electron chi connectivity index (χ0n) is 10.5. The highest BCUT2D eigenvalue weighted by Gasteiger charge is 2.40. The fourth-order valence-corrected chi connectivity index (χ4v) is 2.40. The third kappa shape index (κ3) is 3.05. The summed E-state index contributed by atoms with van der Waals surface area (Å²) in [4.78, 5) is 0. The van der Waals surface area contributed by atoms with Crippen LogP contribution >= 0.6 is 0 Å². The van der Waals surface area contributed by atoms with Crippen molar-refractivity contribution in [3.8, 4) is 0 Å². The highest BCUT2D eigenvalue weighted by molar-refractivity contribution is 5.19. The second kappa shape index (κ2) is 5.31. The summed E-state index contributed by atoms with van der Waals surface area (Å²) < 4.78 is 38.7. The van der Waals surface area contributed by atoms with Gasteiger partial charge >= 0.3 is 0 Å². The third-order valence-corrected chi connectivity index (χ3v) is 3.61. The first-order chi connectivity index (χ1) is 8.56. The summed E-state index contributed by atoms with van der Waals surface area (Å²) in [6.45, 7) is 3.39. The molecule has 1 aromatic rings. The van der Waals surface area contributed by atoms with Crippen molar-refractivity contribution in [1.29, 1.82) is 0 Å². The third-order valence-electron chi connectivity index (χ3n) is 3.61. The number of halogens is 3. The smallest absolute Gasteiger partial charge is 0.194 e. The van der Waals surface area contributed by atoms with Crippen LogP contribution in [0.2, 0.25) is 0 Å². The fraction of sp³-hybridized carbons (Fsp3) is 0.571. The van der Waals surface area contributed by atoms with Gasteiger partial charge in [-0.1, -0.05) is 13.3 Å². The Labute approximate surface area is 105 Å². The Kier molecular flexibility index (Phi) is 3.95. The van der Waals surface area contributed by atoms with Crippen LogP contribution in [-0.4, -0.2) is 6.54 Å². The Morgan fingerprint density at radius 1 is 1.17 bits per heavy atom. The minimum Gasteiger partial charge on any atom is -0.312 e. The van der Waals surface area contributed by atoms with Gasteiger partial charge in [0, 0.05) is 13.1 Å². The molecular weight excluding hydrogens is 239 g/mol. The molecule has 0 bridgehead atoms. The Balaban J connectivity index is 1.87. The second-order valence-corrected chi connectivity index (χ2v) is 5.23. The molecular formula is C14H18F3N. The lowest BCUT2D eigenvalue weighted by Crippen LogP contribution is -2.23. The van der Waals surface area contributed by atoms with Gasteiger partial charge in [0.15, 0.2) is 17.5 Å². The van der Waals surface area contributed by atoms with Crippen LogP contribution in [0.4, 0.5) is 13.2 Å². The molecule has 4 heteroatoms. The lowest BCUT2D eigenvalue weighted by atomic mass is 10.0. The van der Waals surface area contributed by atoms with Gasteiger partial charge < -0.3 is 5.32 Å². The highest BCUT2D eigenvalue weighted by atomic mass is 19.2. The first-order valence-electron chi connectivity index (χ1n) is 6.40. The first-order valence-corrected chi connectivity index (χ1v) is 6.40. The van der Waals surface area contributed by atoms with E-state index >= 15 is 0 Å².